The fourth-order valence-corrected chi connectivity index (χ4v) is 6.25. The van der Waals surface area contributed by atoms with Gasteiger partial charge in [0.2, 0.25) is 0 Å². The molecule has 2 aliphatic rings. The SMILES string of the molecule is CCCCCC1CC[C@@H]2C[C@H](c3cc(F)c(-c4ccc(CC)cc4)c(F)c3)CC[C@@H]2C1. The molecule has 0 spiro atoms. The maximum Gasteiger partial charge on any atom is 0.134 e. The van der Waals surface area contributed by atoms with Crippen LogP contribution in [-0.2, 0) is 6.42 Å². The van der Waals surface area contributed by atoms with Crippen LogP contribution < -0.4 is 0 Å². The second-order valence-electron chi connectivity index (χ2n) is 10.1. The van der Waals surface area contributed by atoms with Crippen molar-refractivity contribution >= 4 is 0 Å². The normalized spacial score (nSPS) is 25.9. The van der Waals surface area contributed by atoms with Crippen molar-refractivity contribution < 1.29 is 8.78 Å². The molecule has 0 nitrogen and oxygen atoms in total. The van der Waals surface area contributed by atoms with Crippen LogP contribution in [-0.4, -0.2) is 0 Å². The number of halogens is 2. The number of aryl methyl sites for hydroxylation is 1. The Morgan fingerprint density at radius 2 is 1.48 bits per heavy atom. The monoisotopic (exact) mass is 424 g/mol. The molecule has 4 atom stereocenters. The lowest BCUT2D eigenvalue weighted by atomic mass is 9.63. The molecule has 168 valence electrons. The molecule has 31 heavy (non-hydrogen) atoms. The Bertz CT molecular complexity index is 831. The topological polar surface area (TPSA) is 0 Å². The molecule has 0 saturated heterocycles. The first-order valence-electron chi connectivity index (χ1n) is 12.7. The van der Waals surface area contributed by atoms with Crippen LogP contribution in [0.25, 0.3) is 11.1 Å². The van der Waals surface area contributed by atoms with Crippen LogP contribution in [0.15, 0.2) is 36.4 Å². The molecule has 0 amide bonds. The van der Waals surface area contributed by atoms with Crippen LogP contribution in [0.5, 0.6) is 0 Å². The van der Waals surface area contributed by atoms with Crippen LogP contribution in [0.2, 0.25) is 0 Å². The number of rotatable bonds is 7. The highest BCUT2D eigenvalue weighted by Crippen LogP contribution is 2.48. The Hall–Kier alpha value is -1.70. The van der Waals surface area contributed by atoms with Gasteiger partial charge >= 0.3 is 0 Å². The van der Waals surface area contributed by atoms with Gasteiger partial charge in [-0.2, -0.15) is 0 Å². The molecule has 2 saturated carbocycles. The Morgan fingerprint density at radius 3 is 2.16 bits per heavy atom. The van der Waals surface area contributed by atoms with Gasteiger partial charge < -0.3 is 0 Å². The zero-order valence-corrected chi connectivity index (χ0v) is 19.3. The molecule has 2 aromatic carbocycles. The molecule has 2 aliphatic carbocycles. The molecule has 0 aliphatic heterocycles. The summed E-state index contributed by atoms with van der Waals surface area (Å²) >= 11 is 0. The number of hydrogen-bond donors (Lipinski definition) is 0. The Morgan fingerprint density at radius 1 is 0.806 bits per heavy atom. The highest BCUT2D eigenvalue weighted by Gasteiger charge is 2.36. The summed E-state index contributed by atoms with van der Waals surface area (Å²) in [5.41, 5.74) is 2.79. The van der Waals surface area contributed by atoms with Crippen LogP contribution in [0.3, 0.4) is 0 Å². The standard InChI is InChI=1S/C29H38F2/c1-3-5-6-7-21-10-13-24-17-25(15-14-23(24)16-21)26-18-27(30)29(28(31)19-26)22-11-8-20(4-2)9-12-22/h8-9,11-12,18-19,21,23-25H,3-7,10,13-17H2,1-2H3/t21?,23-,24-,25-/m1/s1. The third-order valence-electron chi connectivity index (χ3n) is 8.12. The van der Waals surface area contributed by atoms with E-state index in [2.05, 4.69) is 13.8 Å². The van der Waals surface area contributed by atoms with Gasteiger partial charge in [0, 0.05) is 0 Å². The van der Waals surface area contributed by atoms with E-state index in [1.54, 1.807) is 12.1 Å². The maximum absolute atomic E-state index is 15.0. The molecule has 0 radical (unpaired) electrons. The second kappa shape index (κ2) is 10.3. The minimum Gasteiger partial charge on any atom is -0.206 e. The first kappa shape index (κ1) is 22.5. The minimum absolute atomic E-state index is 0.118. The molecule has 2 fully saturated rings. The average Bonchev–Trinajstić information content (AvgIpc) is 2.79. The van der Waals surface area contributed by atoms with E-state index in [0.717, 1.165) is 42.6 Å². The third-order valence-corrected chi connectivity index (χ3v) is 8.12. The molecule has 4 rings (SSSR count). The highest BCUT2D eigenvalue weighted by atomic mass is 19.1. The Balaban J connectivity index is 1.43. The summed E-state index contributed by atoms with van der Waals surface area (Å²) in [5, 5.41) is 0. The first-order valence-corrected chi connectivity index (χ1v) is 12.7. The van der Waals surface area contributed by atoms with E-state index in [1.807, 2.05) is 24.3 Å². The zero-order chi connectivity index (χ0) is 21.8. The fourth-order valence-electron chi connectivity index (χ4n) is 6.25. The van der Waals surface area contributed by atoms with Crippen LogP contribution in [0, 0.1) is 29.4 Å². The highest BCUT2D eigenvalue weighted by molar-refractivity contribution is 5.65. The van der Waals surface area contributed by atoms with Crippen molar-refractivity contribution in [2.45, 2.75) is 90.4 Å². The van der Waals surface area contributed by atoms with Crippen molar-refractivity contribution in [3.63, 3.8) is 0 Å². The van der Waals surface area contributed by atoms with Gasteiger partial charge in [-0.15, -0.1) is 0 Å². The zero-order valence-electron chi connectivity index (χ0n) is 19.3. The van der Waals surface area contributed by atoms with Crippen molar-refractivity contribution in [3.05, 3.63) is 59.2 Å². The molecule has 0 aromatic heterocycles. The summed E-state index contributed by atoms with van der Waals surface area (Å²) < 4.78 is 30.1. The van der Waals surface area contributed by atoms with Gasteiger partial charge in [-0.05, 0) is 91.0 Å². The predicted octanol–water partition coefficient (Wildman–Crippen LogP) is 9.07. The number of hydrogen-bond acceptors (Lipinski definition) is 0. The van der Waals surface area contributed by atoms with Gasteiger partial charge in [-0.3, -0.25) is 0 Å². The molecule has 2 aromatic rings. The summed E-state index contributed by atoms with van der Waals surface area (Å²) in [5.74, 6) is 1.97. The molecule has 2 heteroatoms. The average molecular weight is 425 g/mol. The molecule has 0 bridgehead atoms. The fraction of sp³-hybridized carbons (Fsp3) is 0.586. The van der Waals surface area contributed by atoms with Gasteiger partial charge in [-0.1, -0.05) is 70.2 Å². The molecular weight excluding hydrogens is 386 g/mol. The lowest BCUT2D eigenvalue weighted by Crippen LogP contribution is -2.30. The maximum atomic E-state index is 15.0. The smallest absolute Gasteiger partial charge is 0.134 e. The van der Waals surface area contributed by atoms with Gasteiger partial charge in [0.05, 0.1) is 5.56 Å². The summed E-state index contributed by atoms with van der Waals surface area (Å²) in [6.07, 6.45) is 13.8. The van der Waals surface area contributed by atoms with Crippen LogP contribution in [0.4, 0.5) is 8.78 Å². The predicted molar refractivity (Wildman–Crippen MR) is 126 cm³/mol. The van der Waals surface area contributed by atoms with E-state index in [-0.39, 0.29) is 5.56 Å². The van der Waals surface area contributed by atoms with Gasteiger partial charge in [0.1, 0.15) is 11.6 Å². The first-order chi connectivity index (χ1) is 15.1. The van der Waals surface area contributed by atoms with E-state index in [1.165, 1.54) is 56.9 Å². The Kier molecular flexibility index (Phi) is 7.46. The van der Waals surface area contributed by atoms with Crippen molar-refractivity contribution in [1.29, 1.82) is 0 Å². The van der Waals surface area contributed by atoms with E-state index in [9.17, 15) is 0 Å². The van der Waals surface area contributed by atoms with Crippen molar-refractivity contribution in [3.8, 4) is 11.1 Å². The summed E-state index contributed by atoms with van der Waals surface area (Å²) in [6.45, 7) is 4.36. The van der Waals surface area contributed by atoms with Crippen LogP contribution >= 0.6 is 0 Å². The van der Waals surface area contributed by atoms with E-state index in [0.29, 0.717) is 11.5 Å². The van der Waals surface area contributed by atoms with Gasteiger partial charge in [0.15, 0.2) is 0 Å². The van der Waals surface area contributed by atoms with Crippen molar-refractivity contribution in [2.75, 3.05) is 0 Å². The summed E-state index contributed by atoms with van der Waals surface area (Å²) in [6, 6.07) is 10.8. The Labute approximate surface area is 187 Å². The van der Waals surface area contributed by atoms with E-state index >= 15 is 8.78 Å². The molecule has 0 heterocycles. The summed E-state index contributed by atoms with van der Waals surface area (Å²) in [7, 11) is 0. The number of benzene rings is 2. The number of unbranched alkanes of at least 4 members (excludes halogenated alkanes) is 2. The third kappa shape index (κ3) is 5.21. The van der Waals surface area contributed by atoms with E-state index < -0.39 is 11.6 Å². The van der Waals surface area contributed by atoms with Crippen molar-refractivity contribution in [1.82, 2.24) is 0 Å². The minimum atomic E-state index is -0.416. The summed E-state index contributed by atoms with van der Waals surface area (Å²) in [4.78, 5) is 0. The van der Waals surface area contributed by atoms with E-state index in [4.69, 9.17) is 0 Å². The lowest BCUT2D eigenvalue weighted by Gasteiger charge is -2.42. The van der Waals surface area contributed by atoms with Gasteiger partial charge in [0.25, 0.3) is 0 Å². The number of fused-ring (bicyclic) bond motifs is 1. The van der Waals surface area contributed by atoms with Crippen molar-refractivity contribution in [2.24, 2.45) is 17.8 Å². The quantitative estimate of drug-likeness (QED) is 0.389. The van der Waals surface area contributed by atoms with Gasteiger partial charge in [-0.25, -0.2) is 8.78 Å². The molecule has 1 unspecified atom stereocenters. The van der Waals surface area contributed by atoms with Crippen LogP contribution in [0.1, 0.15) is 95.1 Å². The second-order valence-corrected chi connectivity index (χ2v) is 10.1. The molecular formula is C29H38F2. The lowest BCUT2D eigenvalue weighted by molar-refractivity contribution is 0.113. The molecule has 0 N–H and O–H groups in total. The largest absolute Gasteiger partial charge is 0.206 e.